The number of carbonyl (C=O) groups excluding carboxylic acids is 1. The Balaban J connectivity index is 2.27. The average molecular weight is 158 g/mol. The summed E-state index contributed by atoms with van der Waals surface area (Å²) in [5.74, 6) is 0.260. The molecule has 1 fully saturated rings. The second kappa shape index (κ2) is 4.46. The monoisotopic (exact) mass is 158 g/mol. The third-order valence-electron chi connectivity index (χ3n) is 1.90. The topological polar surface area (TPSA) is 35.5 Å². The number of Topliss-reactive ketones (excluding diaryl/α,β-unsaturated/α-hetero) is 1. The summed E-state index contributed by atoms with van der Waals surface area (Å²) in [5, 5.41) is 0. The van der Waals surface area contributed by atoms with Crippen molar-refractivity contribution in [2.45, 2.75) is 12.8 Å². The van der Waals surface area contributed by atoms with E-state index in [4.69, 9.17) is 9.47 Å². The zero-order valence-electron chi connectivity index (χ0n) is 6.84. The molecule has 0 bridgehead atoms. The van der Waals surface area contributed by atoms with Gasteiger partial charge >= 0.3 is 0 Å². The van der Waals surface area contributed by atoms with Gasteiger partial charge in [0.15, 0.2) is 5.78 Å². The van der Waals surface area contributed by atoms with E-state index in [0.717, 1.165) is 19.4 Å². The first-order chi connectivity index (χ1) is 5.34. The molecule has 1 saturated heterocycles. The molecule has 0 amide bonds. The number of ether oxygens (including phenoxy) is 2. The molecule has 0 aromatic rings. The molecule has 3 nitrogen and oxygen atoms in total. The Bertz CT molecular complexity index is 127. The first-order valence-corrected chi connectivity index (χ1v) is 3.94. The molecule has 0 radical (unpaired) electrons. The van der Waals surface area contributed by atoms with E-state index in [0.29, 0.717) is 6.61 Å². The molecule has 0 N–H and O–H groups in total. The summed E-state index contributed by atoms with van der Waals surface area (Å²) in [5.41, 5.74) is 0. The molecular weight excluding hydrogens is 144 g/mol. The van der Waals surface area contributed by atoms with Gasteiger partial charge in [0.05, 0.1) is 6.61 Å². The first kappa shape index (κ1) is 8.68. The van der Waals surface area contributed by atoms with Gasteiger partial charge in [-0.3, -0.25) is 4.79 Å². The second-order valence-electron chi connectivity index (χ2n) is 2.81. The van der Waals surface area contributed by atoms with Crippen LogP contribution in [0.1, 0.15) is 12.8 Å². The van der Waals surface area contributed by atoms with Crippen LogP contribution in [0.5, 0.6) is 0 Å². The molecule has 1 aliphatic rings. The number of hydrogen-bond acceptors (Lipinski definition) is 3. The van der Waals surface area contributed by atoms with Crippen LogP contribution in [-0.2, 0) is 14.3 Å². The molecule has 0 aromatic carbocycles. The van der Waals surface area contributed by atoms with Gasteiger partial charge in [-0.1, -0.05) is 0 Å². The molecule has 0 aromatic heterocycles. The molecule has 0 saturated carbocycles. The van der Waals surface area contributed by atoms with Crippen molar-refractivity contribution in [3.63, 3.8) is 0 Å². The molecule has 1 aliphatic heterocycles. The lowest BCUT2D eigenvalue weighted by Crippen LogP contribution is -2.27. The Morgan fingerprint density at radius 3 is 3.09 bits per heavy atom. The van der Waals surface area contributed by atoms with E-state index in [1.54, 1.807) is 7.11 Å². The number of hydrogen-bond donors (Lipinski definition) is 0. The van der Waals surface area contributed by atoms with E-state index in [9.17, 15) is 4.79 Å². The minimum Gasteiger partial charge on any atom is -0.381 e. The normalized spacial score (nSPS) is 25.0. The van der Waals surface area contributed by atoms with E-state index in [2.05, 4.69) is 0 Å². The van der Waals surface area contributed by atoms with Gasteiger partial charge in [-0.25, -0.2) is 0 Å². The molecule has 64 valence electrons. The highest BCUT2D eigenvalue weighted by Crippen LogP contribution is 2.14. The molecule has 1 heterocycles. The SMILES string of the molecule is COCC(=O)C1CCCOC1. The summed E-state index contributed by atoms with van der Waals surface area (Å²) in [6.45, 7) is 1.62. The highest BCUT2D eigenvalue weighted by atomic mass is 16.5. The zero-order valence-corrected chi connectivity index (χ0v) is 6.84. The number of ketones is 1. The van der Waals surface area contributed by atoms with Gasteiger partial charge < -0.3 is 9.47 Å². The number of carbonyl (C=O) groups is 1. The minimum absolute atomic E-state index is 0.0868. The van der Waals surface area contributed by atoms with Gasteiger partial charge in [-0.05, 0) is 12.8 Å². The van der Waals surface area contributed by atoms with Gasteiger partial charge in [0.25, 0.3) is 0 Å². The predicted molar refractivity (Wildman–Crippen MR) is 40.4 cm³/mol. The lowest BCUT2D eigenvalue weighted by molar-refractivity contribution is -0.130. The Morgan fingerprint density at radius 1 is 1.73 bits per heavy atom. The van der Waals surface area contributed by atoms with E-state index >= 15 is 0 Å². The van der Waals surface area contributed by atoms with Crippen LogP contribution in [0.2, 0.25) is 0 Å². The summed E-state index contributed by atoms with van der Waals surface area (Å²) in [6.07, 6.45) is 1.96. The third kappa shape index (κ3) is 2.60. The fraction of sp³-hybridized carbons (Fsp3) is 0.875. The summed E-state index contributed by atoms with van der Waals surface area (Å²) < 4.78 is 9.92. The molecule has 0 aliphatic carbocycles. The van der Waals surface area contributed by atoms with Gasteiger partial charge in [-0.2, -0.15) is 0 Å². The van der Waals surface area contributed by atoms with Crippen LogP contribution in [0.4, 0.5) is 0 Å². The zero-order chi connectivity index (χ0) is 8.10. The fourth-order valence-electron chi connectivity index (χ4n) is 1.25. The highest BCUT2D eigenvalue weighted by molar-refractivity contribution is 5.82. The molecule has 1 unspecified atom stereocenters. The van der Waals surface area contributed by atoms with Crippen LogP contribution in [0, 0.1) is 5.92 Å². The number of rotatable bonds is 3. The molecule has 11 heavy (non-hydrogen) atoms. The van der Waals surface area contributed by atoms with Crippen LogP contribution in [0.15, 0.2) is 0 Å². The summed E-state index contributed by atoms with van der Waals surface area (Å²) in [4.78, 5) is 11.2. The summed E-state index contributed by atoms with van der Waals surface area (Å²) >= 11 is 0. The molecule has 3 heteroatoms. The molecule has 1 rings (SSSR count). The molecule has 0 spiro atoms. The van der Waals surface area contributed by atoms with Gasteiger partial charge in [0.1, 0.15) is 6.61 Å². The van der Waals surface area contributed by atoms with E-state index in [1.165, 1.54) is 0 Å². The van der Waals surface area contributed by atoms with Crippen molar-refractivity contribution < 1.29 is 14.3 Å². The predicted octanol–water partition coefficient (Wildman–Crippen LogP) is 0.629. The lowest BCUT2D eigenvalue weighted by Gasteiger charge is -2.20. The average Bonchev–Trinajstić information content (AvgIpc) is 2.07. The van der Waals surface area contributed by atoms with Crippen LogP contribution < -0.4 is 0 Å². The third-order valence-corrected chi connectivity index (χ3v) is 1.90. The Morgan fingerprint density at radius 2 is 2.55 bits per heavy atom. The van der Waals surface area contributed by atoms with Crippen molar-refractivity contribution in [3.8, 4) is 0 Å². The second-order valence-corrected chi connectivity index (χ2v) is 2.81. The van der Waals surface area contributed by atoms with Crippen LogP contribution in [-0.4, -0.2) is 32.7 Å². The van der Waals surface area contributed by atoms with E-state index < -0.39 is 0 Å². The van der Waals surface area contributed by atoms with Crippen LogP contribution >= 0.6 is 0 Å². The quantitative estimate of drug-likeness (QED) is 0.604. The van der Waals surface area contributed by atoms with Crippen molar-refractivity contribution in [3.05, 3.63) is 0 Å². The number of methoxy groups -OCH3 is 1. The first-order valence-electron chi connectivity index (χ1n) is 3.94. The van der Waals surface area contributed by atoms with Crippen LogP contribution in [0.3, 0.4) is 0 Å². The molecule has 1 atom stereocenters. The van der Waals surface area contributed by atoms with E-state index in [-0.39, 0.29) is 18.3 Å². The largest absolute Gasteiger partial charge is 0.381 e. The van der Waals surface area contributed by atoms with Crippen molar-refractivity contribution >= 4 is 5.78 Å². The summed E-state index contributed by atoms with van der Waals surface area (Å²) in [7, 11) is 1.54. The maximum absolute atomic E-state index is 11.2. The fourth-order valence-corrected chi connectivity index (χ4v) is 1.25. The van der Waals surface area contributed by atoms with Crippen molar-refractivity contribution in [2.75, 3.05) is 26.9 Å². The van der Waals surface area contributed by atoms with Crippen LogP contribution in [0.25, 0.3) is 0 Å². The smallest absolute Gasteiger partial charge is 0.163 e. The van der Waals surface area contributed by atoms with Crippen molar-refractivity contribution in [1.82, 2.24) is 0 Å². The maximum Gasteiger partial charge on any atom is 0.163 e. The Hall–Kier alpha value is -0.410. The Labute approximate surface area is 66.7 Å². The standard InChI is InChI=1S/C8H14O3/c1-10-6-8(9)7-3-2-4-11-5-7/h7H,2-6H2,1H3. The van der Waals surface area contributed by atoms with Gasteiger partial charge in [-0.15, -0.1) is 0 Å². The van der Waals surface area contributed by atoms with E-state index in [1.807, 2.05) is 0 Å². The molecular formula is C8H14O3. The van der Waals surface area contributed by atoms with Gasteiger partial charge in [0, 0.05) is 19.6 Å². The lowest BCUT2D eigenvalue weighted by atomic mass is 9.98. The highest BCUT2D eigenvalue weighted by Gasteiger charge is 2.20. The van der Waals surface area contributed by atoms with Crippen molar-refractivity contribution in [2.24, 2.45) is 5.92 Å². The Kier molecular flexibility index (Phi) is 3.52. The van der Waals surface area contributed by atoms with Crippen molar-refractivity contribution in [1.29, 1.82) is 0 Å². The van der Waals surface area contributed by atoms with Gasteiger partial charge in [0.2, 0.25) is 0 Å². The summed E-state index contributed by atoms with van der Waals surface area (Å²) in [6, 6.07) is 0. The maximum atomic E-state index is 11.2. The minimum atomic E-state index is 0.0868.